The molecule has 2 aliphatic rings. The quantitative estimate of drug-likeness (QED) is 0.643. The molecular weight excluding hydrogens is 404 g/mol. The molecule has 1 saturated heterocycles. The molecule has 0 saturated carbocycles. The summed E-state index contributed by atoms with van der Waals surface area (Å²) in [6.45, 7) is 5.09. The number of rotatable bonds is 6. The Bertz CT molecular complexity index is 1150. The lowest BCUT2D eigenvalue weighted by Crippen LogP contribution is -2.43. The van der Waals surface area contributed by atoms with Gasteiger partial charge in [0, 0.05) is 38.3 Å². The van der Waals surface area contributed by atoms with E-state index in [1.165, 1.54) is 5.56 Å². The molecule has 1 N–H and O–H groups in total. The van der Waals surface area contributed by atoms with Gasteiger partial charge in [-0.15, -0.1) is 0 Å². The monoisotopic (exact) mass is 434 g/mol. The molecule has 2 aliphatic heterocycles. The van der Waals surface area contributed by atoms with Crippen molar-refractivity contribution in [2.24, 2.45) is 7.05 Å². The molecule has 2 aromatic heterocycles. The zero-order chi connectivity index (χ0) is 21.9. The average Bonchev–Trinajstić information content (AvgIpc) is 2.84. The van der Waals surface area contributed by atoms with E-state index in [9.17, 15) is 4.79 Å². The molecule has 0 atom stereocenters. The van der Waals surface area contributed by atoms with Crippen molar-refractivity contribution in [3.8, 4) is 11.5 Å². The fourth-order valence-electron chi connectivity index (χ4n) is 4.71. The molecule has 1 fully saturated rings. The van der Waals surface area contributed by atoms with E-state index in [1.807, 2.05) is 19.2 Å². The van der Waals surface area contributed by atoms with Gasteiger partial charge >= 0.3 is 0 Å². The number of para-hydroxylation sites is 1. The number of hydrogen-bond donors (Lipinski definition) is 1. The van der Waals surface area contributed by atoms with Gasteiger partial charge in [-0.3, -0.25) is 9.78 Å². The molecule has 4 heterocycles. The highest BCUT2D eigenvalue weighted by Gasteiger charge is 2.20. The minimum absolute atomic E-state index is 0.0457. The molecular formula is C25H30N4O3. The summed E-state index contributed by atoms with van der Waals surface area (Å²) in [5.41, 5.74) is 3.33. The predicted molar refractivity (Wildman–Crippen MR) is 124 cm³/mol. The largest absolute Gasteiger partial charge is 0.486 e. The van der Waals surface area contributed by atoms with Crippen molar-refractivity contribution in [1.29, 1.82) is 0 Å². The Morgan fingerprint density at radius 2 is 1.91 bits per heavy atom. The molecule has 0 amide bonds. The van der Waals surface area contributed by atoms with E-state index in [1.54, 1.807) is 16.8 Å². The van der Waals surface area contributed by atoms with Crippen molar-refractivity contribution in [1.82, 2.24) is 19.8 Å². The van der Waals surface area contributed by atoms with Gasteiger partial charge in [-0.25, -0.2) is 0 Å². The first-order chi connectivity index (χ1) is 15.7. The maximum absolute atomic E-state index is 12.1. The summed E-state index contributed by atoms with van der Waals surface area (Å²) in [5, 5.41) is 4.78. The second kappa shape index (κ2) is 9.30. The third-order valence-electron chi connectivity index (χ3n) is 6.57. The Morgan fingerprint density at radius 1 is 1.09 bits per heavy atom. The first kappa shape index (κ1) is 21.0. The van der Waals surface area contributed by atoms with Crippen LogP contribution in [0.25, 0.3) is 10.9 Å². The number of aromatic nitrogens is 2. The maximum Gasteiger partial charge on any atom is 0.250 e. The second-order valence-corrected chi connectivity index (χ2v) is 8.65. The van der Waals surface area contributed by atoms with Gasteiger partial charge in [-0.2, -0.15) is 0 Å². The normalized spacial score (nSPS) is 17.0. The summed E-state index contributed by atoms with van der Waals surface area (Å²) in [6.07, 6.45) is 4.96. The van der Waals surface area contributed by atoms with Crippen molar-refractivity contribution >= 4 is 10.9 Å². The molecule has 0 radical (unpaired) electrons. The standard InChI is InChI=1S/C25H30N4O3/c1-28-24(30)6-5-18-3-2-4-19(25(18)28)7-10-29-11-8-20(9-12-29)26-16-21-15-22-23(17-27-21)32-14-13-31-22/h2-6,15,17,20,26H,7-14,16H2,1H3. The van der Waals surface area contributed by atoms with E-state index in [-0.39, 0.29) is 5.56 Å². The molecule has 32 heavy (non-hydrogen) atoms. The predicted octanol–water partition coefficient (Wildman–Crippen LogP) is 2.50. The Morgan fingerprint density at radius 3 is 2.75 bits per heavy atom. The number of fused-ring (bicyclic) bond motifs is 2. The van der Waals surface area contributed by atoms with E-state index in [2.05, 4.69) is 33.4 Å². The average molecular weight is 435 g/mol. The Hall–Kier alpha value is -2.90. The number of pyridine rings is 2. The number of nitrogens with one attached hydrogen (secondary N) is 1. The Kier molecular flexibility index (Phi) is 6.10. The first-order valence-corrected chi connectivity index (χ1v) is 11.5. The summed E-state index contributed by atoms with van der Waals surface area (Å²) in [7, 11) is 1.86. The topological polar surface area (TPSA) is 68.6 Å². The summed E-state index contributed by atoms with van der Waals surface area (Å²) < 4.78 is 13.0. The molecule has 168 valence electrons. The lowest BCUT2D eigenvalue weighted by atomic mass is 10.0. The minimum Gasteiger partial charge on any atom is -0.486 e. The van der Waals surface area contributed by atoms with Crippen LogP contribution in [-0.2, 0) is 20.0 Å². The van der Waals surface area contributed by atoms with Gasteiger partial charge in [0.05, 0.1) is 17.4 Å². The summed E-state index contributed by atoms with van der Waals surface area (Å²) in [5.74, 6) is 1.53. The fourth-order valence-corrected chi connectivity index (χ4v) is 4.71. The number of hydrogen-bond acceptors (Lipinski definition) is 6. The first-order valence-electron chi connectivity index (χ1n) is 11.5. The van der Waals surface area contributed by atoms with Crippen molar-refractivity contribution < 1.29 is 9.47 Å². The summed E-state index contributed by atoms with van der Waals surface area (Å²) in [4.78, 5) is 19.1. The van der Waals surface area contributed by atoms with Crippen LogP contribution >= 0.6 is 0 Å². The van der Waals surface area contributed by atoms with Crippen LogP contribution in [0.2, 0.25) is 0 Å². The number of nitrogens with zero attached hydrogens (tertiary/aromatic N) is 3. The molecule has 7 heteroatoms. The Labute approximate surface area is 188 Å². The lowest BCUT2D eigenvalue weighted by Gasteiger charge is -2.32. The van der Waals surface area contributed by atoms with Crippen LogP contribution in [0.3, 0.4) is 0 Å². The van der Waals surface area contributed by atoms with Gasteiger partial charge in [-0.1, -0.05) is 18.2 Å². The van der Waals surface area contributed by atoms with E-state index in [0.29, 0.717) is 19.3 Å². The van der Waals surface area contributed by atoms with E-state index in [0.717, 1.165) is 73.5 Å². The maximum atomic E-state index is 12.1. The molecule has 0 aliphatic carbocycles. The second-order valence-electron chi connectivity index (χ2n) is 8.65. The van der Waals surface area contributed by atoms with E-state index in [4.69, 9.17) is 9.47 Å². The van der Waals surface area contributed by atoms with Crippen molar-refractivity contribution in [2.45, 2.75) is 31.8 Å². The van der Waals surface area contributed by atoms with Crippen LogP contribution in [-0.4, -0.2) is 53.3 Å². The number of likely N-dealkylation sites (tertiary alicyclic amines) is 1. The van der Waals surface area contributed by atoms with Gasteiger partial charge in [0.15, 0.2) is 11.5 Å². The van der Waals surface area contributed by atoms with Crippen LogP contribution in [0.5, 0.6) is 11.5 Å². The highest BCUT2D eigenvalue weighted by atomic mass is 16.6. The number of benzene rings is 1. The molecule has 0 unspecified atom stereocenters. The molecule has 0 spiro atoms. The molecule has 1 aromatic carbocycles. The van der Waals surface area contributed by atoms with Crippen molar-refractivity contribution in [3.05, 3.63) is 64.2 Å². The third-order valence-corrected chi connectivity index (χ3v) is 6.57. The minimum atomic E-state index is 0.0457. The number of ether oxygens (including phenoxy) is 2. The number of aryl methyl sites for hydroxylation is 1. The van der Waals surface area contributed by atoms with Crippen LogP contribution in [0.1, 0.15) is 24.1 Å². The van der Waals surface area contributed by atoms with Gasteiger partial charge in [0.2, 0.25) is 0 Å². The molecule has 7 nitrogen and oxygen atoms in total. The van der Waals surface area contributed by atoms with Crippen LogP contribution in [0.4, 0.5) is 0 Å². The SMILES string of the molecule is Cn1c(=O)ccc2cccc(CCN3CCC(NCc4cc5c(cn4)OCCO5)CC3)c21. The molecule has 0 bridgehead atoms. The Balaban J connectivity index is 1.12. The molecule has 3 aromatic rings. The molecule has 5 rings (SSSR count). The summed E-state index contributed by atoms with van der Waals surface area (Å²) in [6, 6.07) is 12.4. The fraction of sp³-hybridized carbons (Fsp3) is 0.440. The van der Waals surface area contributed by atoms with Gasteiger partial charge in [0.1, 0.15) is 13.2 Å². The highest BCUT2D eigenvalue weighted by Crippen LogP contribution is 2.29. The zero-order valence-corrected chi connectivity index (χ0v) is 18.5. The third kappa shape index (κ3) is 4.49. The van der Waals surface area contributed by atoms with Crippen LogP contribution in [0, 0.1) is 0 Å². The smallest absolute Gasteiger partial charge is 0.250 e. The van der Waals surface area contributed by atoms with E-state index < -0.39 is 0 Å². The van der Waals surface area contributed by atoms with Gasteiger partial charge in [0.25, 0.3) is 5.56 Å². The van der Waals surface area contributed by atoms with Crippen LogP contribution in [0.15, 0.2) is 47.4 Å². The zero-order valence-electron chi connectivity index (χ0n) is 18.5. The van der Waals surface area contributed by atoms with Crippen molar-refractivity contribution in [3.63, 3.8) is 0 Å². The van der Waals surface area contributed by atoms with E-state index >= 15 is 0 Å². The highest BCUT2D eigenvalue weighted by molar-refractivity contribution is 5.82. The number of piperidine rings is 1. The lowest BCUT2D eigenvalue weighted by molar-refractivity contribution is 0.170. The van der Waals surface area contributed by atoms with Gasteiger partial charge in [-0.05, 0) is 49.4 Å². The van der Waals surface area contributed by atoms with Crippen molar-refractivity contribution in [2.75, 3.05) is 32.8 Å². The van der Waals surface area contributed by atoms with Crippen LogP contribution < -0.4 is 20.3 Å². The summed E-state index contributed by atoms with van der Waals surface area (Å²) >= 11 is 0. The van der Waals surface area contributed by atoms with Gasteiger partial charge < -0.3 is 24.3 Å².